The van der Waals surface area contributed by atoms with Gasteiger partial charge in [-0.1, -0.05) is 59.9 Å². The molecule has 108 valence electrons. The molecule has 5 nitrogen and oxygen atoms in total. The number of nitrogens with zero attached hydrogens (tertiary/aromatic N) is 2. The highest BCUT2D eigenvalue weighted by atomic mass is 32.2. The predicted octanol–water partition coefficient (Wildman–Crippen LogP) is 2.90. The lowest BCUT2D eigenvalue weighted by Gasteiger charge is -2.05. The third-order valence-electron chi connectivity index (χ3n) is 2.39. The smallest absolute Gasteiger partial charge is 0.238 e. The fourth-order valence-corrected chi connectivity index (χ4v) is 4.56. The molecule has 1 aromatic carbocycles. The molecule has 0 fully saturated rings. The van der Waals surface area contributed by atoms with E-state index < -0.39 is 10.0 Å². The molecule has 2 rings (SSSR count). The Labute approximate surface area is 126 Å². The molecule has 0 aliphatic heterocycles. The first kappa shape index (κ1) is 15.3. The number of rotatable bonds is 6. The zero-order chi connectivity index (χ0) is 14.6. The Balaban J connectivity index is 2.04. The molecule has 0 aliphatic rings. The molecule has 0 unspecified atom stereocenters. The molecule has 0 bridgehead atoms. The van der Waals surface area contributed by atoms with Crippen LogP contribution in [0.15, 0.2) is 28.6 Å². The maximum Gasteiger partial charge on any atom is 0.238 e. The van der Waals surface area contributed by atoms with E-state index in [1.807, 2.05) is 38.1 Å². The average molecular weight is 329 g/mol. The predicted molar refractivity (Wildman–Crippen MR) is 83.7 cm³/mol. The standard InChI is InChI=1S/C12H15N3O2S3/c1-3-18-12-14-13-11(19-12)15-20(16,17)8-10-6-4-9(2)5-7-10/h4-7H,3,8H2,1-2H3,(H,13,15). The van der Waals surface area contributed by atoms with Gasteiger partial charge in [-0.05, 0) is 18.2 Å². The van der Waals surface area contributed by atoms with Crippen molar-refractivity contribution in [3.8, 4) is 0 Å². The number of benzene rings is 1. The molecule has 1 N–H and O–H groups in total. The van der Waals surface area contributed by atoms with Crippen molar-refractivity contribution >= 4 is 38.3 Å². The van der Waals surface area contributed by atoms with E-state index in [2.05, 4.69) is 14.9 Å². The van der Waals surface area contributed by atoms with E-state index in [-0.39, 0.29) is 5.75 Å². The highest BCUT2D eigenvalue weighted by Crippen LogP contribution is 2.26. The lowest BCUT2D eigenvalue weighted by molar-refractivity contribution is 0.600. The van der Waals surface area contributed by atoms with Crippen LogP contribution >= 0.6 is 23.1 Å². The summed E-state index contributed by atoms with van der Waals surface area (Å²) < 4.78 is 27.3. The molecule has 1 aromatic heterocycles. The van der Waals surface area contributed by atoms with Crippen molar-refractivity contribution in [2.75, 3.05) is 10.5 Å². The van der Waals surface area contributed by atoms with Crippen LogP contribution in [0.2, 0.25) is 0 Å². The van der Waals surface area contributed by atoms with Crippen LogP contribution in [0, 0.1) is 6.92 Å². The van der Waals surface area contributed by atoms with E-state index in [1.165, 1.54) is 23.1 Å². The summed E-state index contributed by atoms with van der Waals surface area (Å²) >= 11 is 2.79. The fourth-order valence-electron chi connectivity index (χ4n) is 1.51. The van der Waals surface area contributed by atoms with Crippen LogP contribution < -0.4 is 4.72 Å². The van der Waals surface area contributed by atoms with Gasteiger partial charge in [0.25, 0.3) is 0 Å². The number of aromatic nitrogens is 2. The summed E-state index contributed by atoms with van der Waals surface area (Å²) in [6.45, 7) is 3.97. The monoisotopic (exact) mass is 329 g/mol. The fraction of sp³-hybridized carbons (Fsp3) is 0.333. The normalized spacial score (nSPS) is 11.5. The molecule has 0 amide bonds. The maximum atomic E-state index is 12.0. The van der Waals surface area contributed by atoms with Crippen molar-refractivity contribution in [2.45, 2.75) is 23.9 Å². The van der Waals surface area contributed by atoms with Gasteiger partial charge < -0.3 is 0 Å². The van der Waals surface area contributed by atoms with Gasteiger partial charge in [-0.3, -0.25) is 4.72 Å². The first-order chi connectivity index (χ1) is 9.48. The first-order valence-corrected chi connectivity index (χ1v) is 9.46. The molecule has 2 aromatic rings. The van der Waals surface area contributed by atoms with Crippen molar-refractivity contribution < 1.29 is 8.42 Å². The molecule has 8 heteroatoms. The van der Waals surface area contributed by atoms with Crippen molar-refractivity contribution in [3.05, 3.63) is 35.4 Å². The minimum absolute atomic E-state index is 0.0664. The quantitative estimate of drug-likeness (QED) is 0.825. The van der Waals surface area contributed by atoms with Crippen LogP contribution in [0.3, 0.4) is 0 Å². The van der Waals surface area contributed by atoms with Crippen LogP contribution in [-0.4, -0.2) is 24.4 Å². The Morgan fingerprint density at radius 1 is 1.25 bits per heavy atom. The molecule has 0 spiro atoms. The first-order valence-electron chi connectivity index (χ1n) is 6.01. The van der Waals surface area contributed by atoms with Crippen LogP contribution in [0.4, 0.5) is 5.13 Å². The molecule has 1 heterocycles. The summed E-state index contributed by atoms with van der Waals surface area (Å²) in [4.78, 5) is 0. The summed E-state index contributed by atoms with van der Waals surface area (Å²) in [5.41, 5.74) is 1.85. The number of hydrogen-bond acceptors (Lipinski definition) is 6. The third kappa shape index (κ3) is 4.46. The Morgan fingerprint density at radius 2 is 1.95 bits per heavy atom. The van der Waals surface area contributed by atoms with Gasteiger partial charge >= 0.3 is 0 Å². The summed E-state index contributed by atoms with van der Waals surface area (Å²) in [7, 11) is -3.45. The Bertz CT molecular complexity index is 666. The number of thioether (sulfide) groups is 1. The average Bonchev–Trinajstić information content (AvgIpc) is 2.79. The highest BCUT2D eigenvalue weighted by Gasteiger charge is 2.14. The van der Waals surface area contributed by atoms with Gasteiger partial charge in [0, 0.05) is 0 Å². The highest BCUT2D eigenvalue weighted by molar-refractivity contribution is 8.01. The van der Waals surface area contributed by atoms with Crippen LogP contribution in [0.5, 0.6) is 0 Å². The molecule has 20 heavy (non-hydrogen) atoms. The SMILES string of the molecule is CCSc1nnc(NS(=O)(=O)Cc2ccc(C)cc2)s1. The van der Waals surface area contributed by atoms with Crippen molar-refractivity contribution in [2.24, 2.45) is 0 Å². The minimum Gasteiger partial charge on any atom is -0.257 e. The van der Waals surface area contributed by atoms with Crippen LogP contribution in [-0.2, 0) is 15.8 Å². The number of hydrogen-bond donors (Lipinski definition) is 1. The van der Waals surface area contributed by atoms with Crippen LogP contribution in [0.25, 0.3) is 0 Å². The topological polar surface area (TPSA) is 72.0 Å². The second-order valence-electron chi connectivity index (χ2n) is 4.15. The van der Waals surface area contributed by atoms with Gasteiger partial charge in [-0.2, -0.15) is 0 Å². The summed E-state index contributed by atoms with van der Waals surface area (Å²) in [6, 6.07) is 7.41. The van der Waals surface area contributed by atoms with Crippen molar-refractivity contribution in [1.29, 1.82) is 0 Å². The van der Waals surface area contributed by atoms with E-state index in [4.69, 9.17) is 0 Å². The Morgan fingerprint density at radius 3 is 2.60 bits per heavy atom. The van der Waals surface area contributed by atoms with Gasteiger partial charge in [-0.25, -0.2) is 8.42 Å². The van der Waals surface area contributed by atoms with E-state index in [0.29, 0.717) is 5.13 Å². The largest absolute Gasteiger partial charge is 0.257 e. The van der Waals surface area contributed by atoms with Gasteiger partial charge in [0.15, 0.2) is 4.34 Å². The zero-order valence-corrected chi connectivity index (χ0v) is 13.6. The number of sulfonamides is 1. The lowest BCUT2D eigenvalue weighted by atomic mass is 10.2. The van der Waals surface area contributed by atoms with Gasteiger partial charge in [0.1, 0.15) is 0 Å². The van der Waals surface area contributed by atoms with Gasteiger partial charge in [-0.15, -0.1) is 10.2 Å². The molecule has 0 aliphatic carbocycles. The van der Waals surface area contributed by atoms with Gasteiger partial charge in [0.05, 0.1) is 5.75 Å². The molecule has 0 saturated carbocycles. The lowest BCUT2D eigenvalue weighted by Crippen LogP contribution is -2.14. The van der Waals surface area contributed by atoms with E-state index in [9.17, 15) is 8.42 Å². The summed E-state index contributed by atoms with van der Waals surface area (Å²) in [5, 5.41) is 8.06. The number of anilines is 1. The van der Waals surface area contributed by atoms with E-state index >= 15 is 0 Å². The summed E-state index contributed by atoms with van der Waals surface area (Å²) in [6.07, 6.45) is 0. The van der Waals surface area contributed by atoms with Crippen LogP contribution in [0.1, 0.15) is 18.1 Å². The third-order valence-corrected chi connectivity index (χ3v) is 5.60. The second kappa shape index (κ2) is 6.55. The van der Waals surface area contributed by atoms with E-state index in [1.54, 1.807) is 0 Å². The van der Waals surface area contributed by atoms with Crippen molar-refractivity contribution in [3.63, 3.8) is 0 Å². The van der Waals surface area contributed by atoms with Gasteiger partial charge in [0.2, 0.25) is 15.2 Å². The van der Waals surface area contributed by atoms with Crippen molar-refractivity contribution in [1.82, 2.24) is 10.2 Å². The molecular formula is C12H15N3O2S3. The zero-order valence-electron chi connectivity index (χ0n) is 11.2. The number of nitrogens with one attached hydrogen (secondary N) is 1. The molecule has 0 saturated heterocycles. The Kier molecular flexibility index (Phi) is 5.00. The maximum absolute atomic E-state index is 12.0. The van der Waals surface area contributed by atoms with E-state index in [0.717, 1.165) is 21.2 Å². The minimum atomic E-state index is -3.45. The number of aryl methyl sites for hydroxylation is 1. The molecule has 0 radical (unpaired) electrons. The molecular weight excluding hydrogens is 314 g/mol. The second-order valence-corrected chi connectivity index (χ2v) is 8.36. The summed E-state index contributed by atoms with van der Waals surface area (Å²) in [5.74, 6) is 0.813. The Hall–Kier alpha value is -1.12. The molecule has 0 atom stereocenters.